The maximum atomic E-state index is 12.5. The van der Waals surface area contributed by atoms with Crippen LogP contribution in [0, 0.1) is 0 Å². The zero-order valence-corrected chi connectivity index (χ0v) is 12.0. The molecule has 1 amide bonds. The summed E-state index contributed by atoms with van der Waals surface area (Å²) >= 11 is 0. The molecule has 3 rings (SSSR count). The molecule has 0 aliphatic heterocycles. The van der Waals surface area contributed by atoms with Gasteiger partial charge in [-0.1, -0.05) is 13.0 Å². The SMILES string of the molecule is CCCNC(=O)c1cc2c(=O)n3ccccc3nc2n1C. The van der Waals surface area contributed by atoms with Gasteiger partial charge in [-0.2, -0.15) is 0 Å². The third-order valence-corrected chi connectivity index (χ3v) is 3.48. The van der Waals surface area contributed by atoms with Crippen LogP contribution in [0.4, 0.5) is 0 Å². The van der Waals surface area contributed by atoms with Gasteiger partial charge in [-0.05, 0) is 24.6 Å². The van der Waals surface area contributed by atoms with E-state index in [1.807, 2.05) is 13.0 Å². The van der Waals surface area contributed by atoms with Gasteiger partial charge in [-0.25, -0.2) is 4.98 Å². The number of amides is 1. The second-order valence-corrected chi connectivity index (χ2v) is 4.93. The molecule has 6 nitrogen and oxygen atoms in total. The summed E-state index contributed by atoms with van der Waals surface area (Å²) in [6.45, 7) is 2.59. The Bertz CT molecular complexity index is 892. The molecule has 0 aromatic carbocycles. The molecular weight excluding hydrogens is 268 g/mol. The predicted molar refractivity (Wildman–Crippen MR) is 80.6 cm³/mol. The molecule has 3 aromatic heterocycles. The number of hydrogen-bond donors (Lipinski definition) is 1. The summed E-state index contributed by atoms with van der Waals surface area (Å²) in [6.07, 6.45) is 2.54. The van der Waals surface area contributed by atoms with Crippen LogP contribution in [0.15, 0.2) is 35.3 Å². The van der Waals surface area contributed by atoms with Crippen LogP contribution in [0.2, 0.25) is 0 Å². The monoisotopic (exact) mass is 284 g/mol. The van der Waals surface area contributed by atoms with Crippen LogP contribution >= 0.6 is 0 Å². The number of carbonyl (C=O) groups is 1. The third-order valence-electron chi connectivity index (χ3n) is 3.48. The molecule has 0 fully saturated rings. The normalized spacial score (nSPS) is 11.1. The Hall–Kier alpha value is -2.63. The van der Waals surface area contributed by atoms with Crippen molar-refractivity contribution in [2.24, 2.45) is 7.05 Å². The fourth-order valence-electron chi connectivity index (χ4n) is 2.37. The molecule has 0 bridgehead atoms. The molecule has 0 saturated heterocycles. The molecule has 6 heteroatoms. The van der Waals surface area contributed by atoms with Gasteiger partial charge in [-0.15, -0.1) is 0 Å². The molecule has 21 heavy (non-hydrogen) atoms. The number of pyridine rings is 1. The fourth-order valence-corrected chi connectivity index (χ4v) is 2.37. The summed E-state index contributed by atoms with van der Waals surface area (Å²) < 4.78 is 3.14. The summed E-state index contributed by atoms with van der Waals surface area (Å²) in [6, 6.07) is 6.98. The van der Waals surface area contributed by atoms with Gasteiger partial charge in [-0.3, -0.25) is 14.0 Å². The van der Waals surface area contributed by atoms with Crippen molar-refractivity contribution in [1.29, 1.82) is 0 Å². The highest BCUT2D eigenvalue weighted by Gasteiger charge is 2.16. The Labute approximate surface area is 121 Å². The molecule has 3 heterocycles. The van der Waals surface area contributed by atoms with E-state index in [9.17, 15) is 9.59 Å². The van der Waals surface area contributed by atoms with Gasteiger partial charge in [0.2, 0.25) is 0 Å². The Morgan fingerprint density at radius 2 is 2.19 bits per heavy atom. The van der Waals surface area contributed by atoms with Gasteiger partial charge < -0.3 is 9.88 Å². The lowest BCUT2D eigenvalue weighted by atomic mass is 10.3. The van der Waals surface area contributed by atoms with E-state index in [0.717, 1.165) is 6.42 Å². The predicted octanol–water partition coefficient (Wildman–Crippen LogP) is 1.33. The largest absolute Gasteiger partial charge is 0.351 e. The maximum absolute atomic E-state index is 12.5. The summed E-state index contributed by atoms with van der Waals surface area (Å²) in [5, 5.41) is 3.26. The minimum Gasteiger partial charge on any atom is -0.351 e. The van der Waals surface area contributed by atoms with E-state index in [-0.39, 0.29) is 11.5 Å². The second-order valence-electron chi connectivity index (χ2n) is 4.93. The minimum absolute atomic E-state index is 0.166. The number of aryl methyl sites for hydroxylation is 1. The summed E-state index contributed by atoms with van der Waals surface area (Å²) in [4.78, 5) is 29.1. The van der Waals surface area contributed by atoms with E-state index in [1.54, 1.807) is 36.0 Å². The molecule has 0 unspecified atom stereocenters. The Morgan fingerprint density at radius 3 is 2.95 bits per heavy atom. The first-order chi connectivity index (χ1) is 10.1. The lowest BCUT2D eigenvalue weighted by molar-refractivity contribution is 0.0946. The number of hydrogen-bond acceptors (Lipinski definition) is 3. The quantitative estimate of drug-likeness (QED) is 0.789. The van der Waals surface area contributed by atoms with Crippen LogP contribution in [-0.4, -0.2) is 26.4 Å². The number of nitrogens with zero attached hydrogens (tertiary/aromatic N) is 3. The van der Waals surface area contributed by atoms with Crippen LogP contribution in [0.5, 0.6) is 0 Å². The van der Waals surface area contributed by atoms with Gasteiger partial charge in [0.15, 0.2) is 0 Å². The average Bonchev–Trinajstić information content (AvgIpc) is 2.83. The molecule has 0 aliphatic carbocycles. The lowest BCUT2D eigenvalue weighted by Gasteiger charge is -2.05. The van der Waals surface area contributed by atoms with E-state index < -0.39 is 0 Å². The maximum Gasteiger partial charge on any atom is 0.267 e. The summed E-state index contributed by atoms with van der Waals surface area (Å²) in [5.41, 5.74) is 1.37. The zero-order valence-electron chi connectivity index (χ0n) is 12.0. The van der Waals surface area contributed by atoms with E-state index >= 15 is 0 Å². The van der Waals surface area contributed by atoms with Crippen molar-refractivity contribution in [1.82, 2.24) is 19.3 Å². The molecule has 3 aromatic rings. The van der Waals surface area contributed by atoms with Crippen LogP contribution in [0.1, 0.15) is 23.8 Å². The van der Waals surface area contributed by atoms with Crippen molar-refractivity contribution in [3.63, 3.8) is 0 Å². The Morgan fingerprint density at radius 1 is 1.38 bits per heavy atom. The standard InChI is InChI=1S/C15H16N4O2/c1-3-7-16-14(20)11-9-10-13(18(11)2)17-12-6-4-5-8-19(12)15(10)21/h4-6,8-9H,3,7H2,1-2H3,(H,16,20). The fraction of sp³-hybridized carbons (Fsp3) is 0.267. The molecule has 1 N–H and O–H groups in total. The first kappa shape index (κ1) is 13.4. The van der Waals surface area contributed by atoms with Gasteiger partial charge in [0.25, 0.3) is 11.5 Å². The van der Waals surface area contributed by atoms with Crippen molar-refractivity contribution in [3.05, 3.63) is 46.5 Å². The van der Waals surface area contributed by atoms with E-state index in [4.69, 9.17) is 0 Å². The molecule has 0 radical (unpaired) electrons. The molecule has 108 valence electrons. The number of aromatic nitrogens is 3. The van der Waals surface area contributed by atoms with Crippen molar-refractivity contribution < 1.29 is 4.79 Å². The number of carbonyl (C=O) groups excluding carboxylic acids is 1. The van der Waals surface area contributed by atoms with Gasteiger partial charge in [0.05, 0.1) is 5.39 Å². The van der Waals surface area contributed by atoms with Crippen molar-refractivity contribution >= 4 is 22.6 Å². The van der Waals surface area contributed by atoms with Crippen LogP contribution < -0.4 is 10.9 Å². The molecule has 0 atom stereocenters. The molecule has 0 saturated carbocycles. The molecular formula is C15H16N4O2. The van der Waals surface area contributed by atoms with Crippen molar-refractivity contribution in [2.45, 2.75) is 13.3 Å². The van der Waals surface area contributed by atoms with Crippen molar-refractivity contribution in [2.75, 3.05) is 6.54 Å². The first-order valence-corrected chi connectivity index (χ1v) is 6.88. The summed E-state index contributed by atoms with van der Waals surface area (Å²) in [7, 11) is 1.75. The first-order valence-electron chi connectivity index (χ1n) is 6.88. The molecule has 0 aliphatic rings. The zero-order chi connectivity index (χ0) is 15.0. The van der Waals surface area contributed by atoms with Gasteiger partial charge in [0.1, 0.15) is 17.0 Å². The highest BCUT2D eigenvalue weighted by molar-refractivity contribution is 5.97. The van der Waals surface area contributed by atoms with Crippen molar-refractivity contribution in [3.8, 4) is 0 Å². The Balaban J connectivity index is 2.24. The smallest absolute Gasteiger partial charge is 0.267 e. The topological polar surface area (TPSA) is 68.4 Å². The van der Waals surface area contributed by atoms with E-state index in [2.05, 4.69) is 10.3 Å². The van der Waals surface area contributed by atoms with Gasteiger partial charge in [0, 0.05) is 19.8 Å². The molecule has 0 spiro atoms. The minimum atomic E-state index is -0.189. The highest BCUT2D eigenvalue weighted by Crippen LogP contribution is 2.14. The number of nitrogens with one attached hydrogen (secondary N) is 1. The van der Waals surface area contributed by atoms with Crippen LogP contribution in [0.3, 0.4) is 0 Å². The Kier molecular flexibility index (Phi) is 3.21. The number of rotatable bonds is 3. The van der Waals surface area contributed by atoms with Crippen LogP contribution in [0.25, 0.3) is 16.7 Å². The van der Waals surface area contributed by atoms with Gasteiger partial charge >= 0.3 is 0 Å². The second kappa shape index (κ2) is 5.05. The summed E-state index contributed by atoms with van der Waals surface area (Å²) in [5.74, 6) is -0.189. The van der Waals surface area contributed by atoms with Crippen LogP contribution in [-0.2, 0) is 7.05 Å². The highest BCUT2D eigenvalue weighted by atomic mass is 16.2. The van der Waals surface area contributed by atoms with E-state index in [1.165, 1.54) is 4.40 Å². The van der Waals surface area contributed by atoms with E-state index in [0.29, 0.717) is 28.9 Å². The third kappa shape index (κ3) is 2.08. The number of fused-ring (bicyclic) bond motifs is 2. The lowest BCUT2D eigenvalue weighted by Crippen LogP contribution is -2.25. The average molecular weight is 284 g/mol.